The molecule has 1 aromatic heterocycles. The molecule has 20 heavy (non-hydrogen) atoms. The number of nitrogens with one attached hydrogen (secondary N) is 1. The highest BCUT2D eigenvalue weighted by molar-refractivity contribution is 9.10. The first-order valence-corrected chi connectivity index (χ1v) is 8.01. The number of ether oxygens (including phenoxy) is 1. The number of rotatable bonds is 4. The molecule has 2 heterocycles. The molecule has 0 aromatic carbocycles. The van der Waals surface area contributed by atoms with E-state index in [0.717, 1.165) is 49.2 Å². The molecule has 1 N–H and O–H groups in total. The summed E-state index contributed by atoms with van der Waals surface area (Å²) in [5.41, 5.74) is 1.01. The molecule has 2 atom stereocenters. The monoisotopic (exact) mass is 338 g/mol. The summed E-state index contributed by atoms with van der Waals surface area (Å²) in [5.74, 6) is 1.13. The van der Waals surface area contributed by atoms with Crippen molar-refractivity contribution in [2.75, 3.05) is 19.8 Å². The van der Waals surface area contributed by atoms with Gasteiger partial charge in [-0.1, -0.05) is 0 Å². The number of hydrogen-bond donors (Lipinski definition) is 1. The molecule has 0 bridgehead atoms. The molecule has 2 aliphatic rings. The van der Waals surface area contributed by atoms with Gasteiger partial charge in [0.1, 0.15) is 0 Å². The van der Waals surface area contributed by atoms with Crippen LogP contribution in [0, 0.1) is 11.8 Å². The molecule has 4 nitrogen and oxygen atoms in total. The van der Waals surface area contributed by atoms with Crippen molar-refractivity contribution in [1.29, 1.82) is 0 Å². The fourth-order valence-corrected chi connectivity index (χ4v) is 3.33. The van der Waals surface area contributed by atoms with E-state index in [-0.39, 0.29) is 17.7 Å². The van der Waals surface area contributed by atoms with Crippen LogP contribution in [0.1, 0.15) is 30.9 Å². The minimum atomic E-state index is 0.0982. The molecule has 0 spiro atoms. The van der Waals surface area contributed by atoms with E-state index in [1.807, 2.05) is 12.1 Å². The van der Waals surface area contributed by atoms with E-state index < -0.39 is 0 Å². The van der Waals surface area contributed by atoms with Gasteiger partial charge in [0.05, 0.1) is 5.69 Å². The van der Waals surface area contributed by atoms with Gasteiger partial charge in [-0.25, -0.2) is 0 Å². The molecule has 1 saturated heterocycles. The summed E-state index contributed by atoms with van der Waals surface area (Å²) in [6, 6.07) is 3.88. The van der Waals surface area contributed by atoms with Gasteiger partial charge in [-0.05, 0) is 53.2 Å². The van der Waals surface area contributed by atoms with Crippen molar-refractivity contribution in [2.24, 2.45) is 11.8 Å². The van der Waals surface area contributed by atoms with Gasteiger partial charge < -0.3 is 10.1 Å². The van der Waals surface area contributed by atoms with Gasteiger partial charge in [0.15, 0.2) is 0 Å². The number of nitrogens with zero attached hydrogens (tertiary/aromatic N) is 1. The van der Waals surface area contributed by atoms with Gasteiger partial charge in [0.25, 0.3) is 0 Å². The Bertz CT molecular complexity index is 489. The highest BCUT2D eigenvalue weighted by Crippen LogP contribution is 2.48. The first-order chi connectivity index (χ1) is 9.75. The maximum atomic E-state index is 12.2. The van der Waals surface area contributed by atoms with Gasteiger partial charge in [-0.3, -0.25) is 9.78 Å². The lowest BCUT2D eigenvalue weighted by Crippen LogP contribution is -2.33. The maximum Gasteiger partial charge on any atom is 0.223 e. The molecule has 3 rings (SSSR count). The molecule has 0 unspecified atom stereocenters. The second-order valence-electron chi connectivity index (χ2n) is 5.62. The fraction of sp³-hybridized carbons (Fsp3) is 0.600. The molecular weight excluding hydrogens is 320 g/mol. The number of pyridine rings is 1. The van der Waals surface area contributed by atoms with Gasteiger partial charge in [0, 0.05) is 42.3 Å². The van der Waals surface area contributed by atoms with Crippen molar-refractivity contribution in [2.45, 2.75) is 25.2 Å². The molecule has 1 aromatic rings. The van der Waals surface area contributed by atoms with E-state index in [1.54, 1.807) is 6.20 Å². The van der Waals surface area contributed by atoms with Crippen LogP contribution in [0.3, 0.4) is 0 Å². The molecule has 1 aliphatic heterocycles. The summed E-state index contributed by atoms with van der Waals surface area (Å²) in [6.45, 7) is 2.44. The Labute approximate surface area is 127 Å². The Morgan fingerprint density at radius 1 is 1.45 bits per heavy atom. The molecule has 108 valence electrons. The van der Waals surface area contributed by atoms with E-state index in [1.165, 1.54) is 0 Å². The first-order valence-electron chi connectivity index (χ1n) is 7.21. The zero-order valence-electron chi connectivity index (χ0n) is 11.3. The summed E-state index contributed by atoms with van der Waals surface area (Å²) in [5, 5.41) is 3.10. The number of halogens is 1. The van der Waals surface area contributed by atoms with E-state index in [9.17, 15) is 4.79 Å². The van der Waals surface area contributed by atoms with Crippen LogP contribution in [0.15, 0.2) is 22.8 Å². The van der Waals surface area contributed by atoms with E-state index in [4.69, 9.17) is 4.74 Å². The fourth-order valence-electron chi connectivity index (χ4n) is 2.78. The molecular formula is C15H19BrN2O2. The summed E-state index contributed by atoms with van der Waals surface area (Å²) in [4.78, 5) is 16.5. The molecule has 5 heteroatoms. The van der Waals surface area contributed by atoms with Gasteiger partial charge >= 0.3 is 0 Å². The highest BCUT2D eigenvalue weighted by atomic mass is 79.9. The van der Waals surface area contributed by atoms with Gasteiger partial charge in [-0.15, -0.1) is 0 Å². The van der Waals surface area contributed by atoms with Crippen LogP contribution >= 0.6 is 15.9 Å². The van der Waals surface area contributed by atoms with E-state index >= 15 is 0 Å². The number of amides is 1. The van der Waals surface area contributed by atoms with Crippen LogP contribution in [0.25, 0.3) is 0 Å². The Morgan fingerprint density at radius 3 is 3.00 bits per heavy atom. The van der Waals surface area contributed by atoms with E-state index in [2.05, 4.69) is 26.2 Å². The van der Waals surface area contributed by atoms with Crippen molar-refractivity contribution in [3.8, 4) is 0 Å². The number of hydrogen-bond acceptors (Lipinski definition) is 3. The van der Waals surface area contributed by atoms with Crippen LogP contribution in [0.4, 0.5) is 0 Å². The SMILES string of the molecule is O=C(NCC1CCOCC1)[C@@H]1C[C@H]1c1ncccc1Br. The topological polar surface area (TPSA) is 51.2 Å². The largest absolute Gasteiger partial charge is 0.381 e. The lowest BCUT2D eigenvalue weighted by molar-refractivity contribution is -0.122. The first kappa shape index (κ1) is 14.0. The second-order valence-corrected chi connectivity index (χ2v) is 6.47. The van der Waals surface area contributed by atoms with Gasteiger partial charge in [0.2, 0.25) is 5.91 Å². The third-order valence-electron chi connectivity index (χ3n) is 4.17. The molecule has 0 radical (unpaired) electrons. The minimum absolute atomic E-state index is 0.0982. The van der Waals surface area contributed by atoms with Crippen molar-refractivity contribution < 1.29 is 9.53 Å². The number of carbonyl (C=O) groups excluding carboxylic acids is 1. The summed E-state index contributed by atoms with van der Waals surface area (Å²) >= 11 is 3.51. The Kier molecular flexibility index (Phi) is 4.36. The maximum absolute atomic E-state index is 12.2. The predicted octanol–water partition coefficient (Wildman–Crippen LogP) is 2.49. The summed E-state index contributed by atoms with van der Waals surface area (Å²) in [7, 11) is 0. The molecule has 1 saturated carbocycles. The Balaban J connectivity index is 1.49. The van der Waals surface area contributed by atoms with Crippen molar-refractivity contribution in [1.82, 2.24) is 10.3 Å². The summed E-state index contributed by atoms with van der Waals surface area (Å²) < 4.78 is 6.33. The second kappa shape index (κ2) is 6.22. The third-order valence-corrected chi connectivity index (χ3v) is 4.84. The third kappa shape index (κ3) is 3.20. The van der Waals surface area contributed by atoms with Crippen LogP contribution < -0.4 is 5.32 Å². The van der Waals surface area contributed by atoms with Crippen molar-refractivity contribution in [3.05, 3.63) is 28.5 Å². The van der Waals surface area contributed by atoms with Crippen LogP contribution in [-0.2, 0) is 9.53 Å². The average Bonchev–Trinajstić information content (AvgIpc) is 3.27. The lowest BCUT2D eigenvalue weighted by atomic mass is 10.0. The van der Waals surface area contributed by atoms with Crippen molar-refractivity contribution in [3.63, 3.8) is 0 Å². The Hall–Kier alpha value is -0.940. The minimum Gasteiger partial charge on any atom is -0.381 e. The van der Waals surface area contributed by atoms with Crippen molar-refractivity contribution >= 4 is 21.8 Å². The highest BCUT2D eigenvalue weighted by Gasteiger charge is 2.45. The zero-order valence-corrected chi connectivity index (χ0v) is 12.9. The lowest BCUT2D eigenvalue weighted by Gasteiger charge is -2.22. The quantitative estimate of drug-likeness (QED) is 0.917. The van der Waals surface area contributed by atoms with E-state index in [0.29, 0.717) is 5.92 Å². The number of carbonyl (C=O) groups is 1. The van der Waals surface area contributed by atoms with Crippen LogP contribution in [0.5, 0.6) is 0 Å². The standard InChI is InChI=1S/C15H19BrN2O2/c16-13-2-1-5-17-14(13)11-8-12(11)15(19)18-9-10-3-6-20-7-4-10/h1-2,5,10-12H,3-4,6-9H2,(H,18,19)/t11-,12-/m1/s1. The molecule has 1 amide bonds. The van der Waals surface area contributed by atoms with Crippen LogP contribution in [-0.4, -0.2) is 30.6 Å². The molecule has 1 aliphatic carbocycles. The average molecular weight is 339 g/mol. The smallest absolute Gasteiger partial charge is 0.223 e. The number of aromatic nitrogens is 1. The normalized spacial score (nSPS) is 26.2. The zero-order chi connectivity index (χ0) is 13.9. The predicted molar refractivity (Wildman–Crippen MR) is 79.3 cm³/mol. The molecule has 2 fully saturated rings. The Morgan fingerprint density at radius 2 is 2.25 bits per heavy atom. The summed E-state index contributed by atoms with van der Waals surface area (Å²) in [6.07, 6.45) is 4.81. The van der Waals surface area contributed by atoms with Crippen LogP contribution in [0.2, 0.25) is 0 Å². The van der Waals surface area contributed by atoms with Gasteiger partial charge in [-0.2, -0.15) is 0 Å².